The van der Waals surface area contributed by atoms with E-state index in [0.29, 0.717) is 25.4 Å². The highest BCUT2D eigenvalue weighted by molar-refractivity contribution is 6.76. The molecule has 1 saturated heterocycles. The van der Waals surface area contributed by atoms with Crippen LogP contribution in [0.25, 0.3) is 11.3 Å². The van der Waals surface area contributed by atoms with E-state index >= 15 is 0 Å². The maximum Gasteiger partial charge on any atom is 0.416 e. The SMILES string of the molecule is C[Si](C)(C)CCOCn1nc(-c2ccncc2)cc1N1CCC(c2ccc(F)cc2)OC1=O. The molecule has 33 heavy (non-hydrogen) atoms. The van der Waals surface area contributed by atoms with Gasteiger partial charge in [0.15, 0.2) is 0 Å². The maximum atomic E-state index is 13.3. The van der Waals surface area contributed by atoms with Crippen molar-refractivity contribution in [1.29, 1.82) is 0 Å². The zero-order chi connectivity index (χ0) is 23.4. The molecular weight excluding hydrogens is 439 g/mol. The van der Waals surface area contributed by atoms with E-state index < -0.39 is 20.3 Å². The summed E-state index contributed by atoms with van der Waals surface area (Å²) in [5.41, 5.74) is 2.42. The van der Waals surface area contributed by atoms with Crippen LogP contribution in [-0.2, 0) is 16.2 Å². The number of rotatable bonds is 8. The number of hydrogen-bond acceptors (Lipinski definition) is 5. The summed E-state index contributed by atoms with van der Waals surface area (Å²) in [4.78, 5) is 18.6. The quantitative estimate of drug-likeness (QED) is 0.323. The van der Waals surface area contributed by atoms with Gasteiger partial charge >= 0.3 is 6.09 Å². The number of carbonyl (C=O) groups is 1. The number of hydrogen-bond donors (Lipinski definition) is 0. The van der Waals surface area contributed by atoms with Gasteiger partial charge in [-0.1, -0.05) is 31.8 Å². The molecule has 0 saturated carbocycles. The molecule has 1 aliphatic rings. The monoisotopic (exact) mass is 468 g/mol. The molecule has 3 heterocycles. The van der Waals surface area contributed by atoms with Crippen molar-refractivity contribution in [2.24, 2.45) is 0 Å². The highest BCUT2D eigenvalue weighted by Crippen LogP contribution is 2.32. The normalized spacial score (nSPS) is 16.7. The van der Waals surface area contributed by atoms with Crippen LogP contribution in [0.3, 0.4) is 0 Å². The average Bonchev–Trinajstić information content (AvgIpc) is 3.21. The third-order valence-corrected chi connectivity index (χ3v) is 7.25. The molecule has 0 radical (unpaired) electrons. The Bertz CT molecular complexity index is 1080. The number of amides is 1. The first-order chi connectivity index (χ1) is 15.8. The molecule has 0 bridgehead atoms. The second-order valence-electron chi connectivity index (χ2n) is 9.34. The molecule has 1 aromatic carbocycles. The van der Waals surface area contributed by atoms with E-state index in [2.05, 4.69) is 24.6 Å². The number of aromatic nitrogens is 3. The lowest BCUT2D eigenvalue weighted by atomic mass is 10.1. The lowest BCUT2D eigenvalue weighted by Gasteiger charge is -2.32. The van der Waals surface area contributed by atoms with Crippen LogP contribution in [-0.4, -0.2) is 42.1 Å². The average molecular weight is 469 g/mol. The molecule has 4 rings (SSSR count). The summed E-state index contributed by atoms with van der Waals surface area (Å²) >= 11 is 0. The van der Waals surface area contributed by atoms with E-state index in [1.807, 2.05) is 18.2 Å². The fourth-order valence-electron chi connectivity index (χ4n) is 3.61. The molecule has 1 amide bonds. The number of halogens is 1. The van der Waals surface area contributed by atoms with Crippen molar-refractivity contribution in [2.75, 3.05) is 18.1 Å². The zero-order valence-electron chi connectivity index (χ0n) is 19.2. The Hall–Kier alpha value is -3.04. The van der Waals surface area contributed by atoms with Gasteiger partial charge in [-0.3, -0.25) is 9.88 Å². The van der Waals surface area contributed by atoms with Crippen molar-refractivity contribution >= 4 is 20.0 Å². The molecule has 174 valence electrons. The Morgan fingerprint density at radius 1 is 1.15 bits per heavy atom. The largest absolute Gasteiger partial charge is 0.441 e. The highest BCUT2D eigenvalue weighted by Gasteiger charge is 2.32. The molecule has 1 aliphatic heterocycles. The van der Waals surface area contributed by atoms with Crippen molar-refractivity contribution < 1.29 is 18.7 Å². The first kappa shape index (κ1) is 23.1. The second-order valence-corrected chi connectivity index (χ2v) is 15.0. The molecule has 0 spiro atoms. The van der Waals surface area contributed by atoms with Gasteiger partial charge < -0.3 is 9.47 Å². The van der Waals surface area contributed by atoms with Gasteiger partial charge in [0.1, 0.15) is 24.5 Å². The van der Waals surface area contributed by atoms with Crippen LogP contribution in [0.2, 0.25) is 25.7 Å². The Morgan fingerprint density at radius 2 is 1.88 bits per heavy atom. The lowest BCUT2D eigenvalue weighted by Crippen LogP contribution is -2.40. The Kier molecular flexibility index (Phi) is 6.90. The first-order valence-corrected chi connectivity index (χ1v) is 14.8. The van der Waals surface area contributed by atoms with Gasteiger partial charge in [-0.25, -0.2) is 13.9 Å². The predicted molar refractivity (Wildman–Crippen MR) is 127 cm³/mol. The van der Waals surface area contributed by atoms with Crippen LogP contribution in [0.5, 0.6) is 0 Å². The van der Waals surface area contributed by atoms with Crippen LogP contribution >= 0.6 is 0 Å². The standard InChI is InChI=1S/C24H29FN4O3Si/c1-33(2,3)15-14-31-17-29-23(16-21(27-29)18-8-11-26-12-9-18)28-13-10-22(32-24(28)30)19-4-6-20(25)7-5-19/h4-9,11-12,16,22H,10,13-15,17H2,1-3H3. The molecule has 0 N–H and O–H groups in total. The Labute approximate surface area is 194 Å². The fourth-order valence-corrected chi connectivity index (χ4v) is 4.37. The van der Waals surface area contributed by atoms with Crippen LogP contribution in [0.15, 0.2) is 54.9 Å². The van der Waals surface area contributed by atoms with Gasteiger partial charge in [-0.05, 0) is 35.9 Å². The summed E-state index contributed by atoms with van der Waals surface area (Å²) in [7, 11) is -1.21. The van der Waals surface area contributed by atoms with Crippen LogP contribution < -0.4 is 4.90 Å². The molecular formula is C24H29FN4O3Si. The molecule has 1 atom stereocenters. The van der Waals surface area contributed by atoms with E-state index in [1.54, 1.807) is 34.1 Å². The van der Waals surface area contributed by atoms with E-state index in [1.165, 1.54) is 12.1 Å². The third-order valence-electron chi connectivity index (χ3n) is 5.54. The van der Waals surface area contributed by atoms with Crippen molar-refractivity contribution in [3.05, 3.63) is 66.2 Å². The smallest absolute Gasteiger partial charge is 0.416 e. The summed E-state index contributed by atoms with van der Waals surface area (Å²) in [5.74, 6) is 0.307. The number of benzene rings is 1. The topological polar surface area (TPSA) is 69.5 Å². The van der Waals surface area contributed by atoms with Gasteiger partial charge in [-0.2, -0.15) is 5.10 Å². The van der Waals surface area contributed by atoms with Crippen molar-refractivity contribution in [2.45, 2.75) is 44.9 Å². The third kappa shape index (κ3) is 5.85. The molecule has 1 unspecified atom stereocenters. The Balaban J connectivity index is 1.53. The number of pyridine rings is 1. The van der Waals surface area contributed by atoms with Crippen molar-refractivity contribution in [1.82, 2.24) is 14.8 Å². The van der Waals surface area contributed by atoms with Gasteiger partial charge in [0.25, 0.3) is 0 Å². The number of ether oxygens (including phenoxy) is 2. The van der Waals surface area contributed by atoms with Crippen LogP contribution in [0, 0.1) is 5.82 Å². The van der Waals surface area contributed by atoms with Gasteiger partial charge in [0, 0.05) is 51.7 Å². The summed E-state index contributed by atoms with van der Waals surface area (Å²) in [6.07, 6.45) is 3.14. The summed E-state index contributed by atoms with van der Waals surface area (Å²) < 4.78 is 26.6. The van der Waals surface area contributed by atoms with Gasteiger partial charge in [0.2, 0.25) is 0 Å². The summed E-state index contributed by atoms with van der Waals surface area (Å²) in [5, 5.41) is 4.70. The van der Waals surface area contributed by atoms with E-state index in [-0.39, 0.29) is 12.5 Å². The van der Waals surface area contributed by atoms with Crippen molar-refractivity contribution in [3.63, 3.8) is 0 Å². The molecule has 9 heteroatoms. The molecule has 7 nitrogen and oxygen atoms in total. The highest BCUT2D eigenvalue weighted by atomic mass is 28.3. The lowest BCUT2D eigenvalue weighted by molar-refractivity contribution is 0.0733. The minimum atomic E-state index is -1.21. The first-order valence-electron chi connectivity index (χ1n) is 11.1. The van der Waals surface area contributed by atoms with Crippen molar-refractivity contribution in [3.8, 4) is 11.3 Å². The molecule has 1 fully saturated rings. The zero-order valence-corrected chi connectivity index (χ0v) is 20.2. The van der Waals surface area contributed by atoms with Crippen LogP contribution in [0.1, 0.15) is 18.1 Å². The van der Waals surface area contributed by atoms with Gasteiger partial charge in [-0.15, -0.1) is 0 Å². The van der Waals surface area contributed by atoms with Crippen LogP contribution in [0.4, 0.5) is 15.0 Å². The molecule has 3 aromatic rings. The second kappa shape index (κ2) is 9.84. The van der Waals surface area contributed by atoms with Gasteiger partial charge in [0.05, 0.1) is 5.69 Å². The number of anilines is 1. The summed E-state index contributed by atoms with van der Waals surface area (Å²) in [6, 6.07) is 12.7. The predicted octanol–water partition coefficient (Wildman–Crippen LogP) is 5.48. The van der Waals surface area contributed by atoms with E-state index in [0.717, 1.165) is 22.9 Å². The van der Waals surface area contributed by atoms with E-state index in [9.17, 15) is 9.18 Å². The summed E-state index contributed by atoms with van der Waals surface area (Å²) in [6.45, 7) is 8.26. The minimum Gasteiger partial charge on any atom is -0.441 e. The molecule has 2 aromatic heterocycles. The fraction of sp³-hybridized carbons (Fsp3) is 0.375. The minimum absolute atomic E-state index is 0.246. The number of carbonyl (C=O) groups excluding carboxylic acids is 1. The number of nitrogens with zero attached hydrogens (tertiary/aromatic N) is 4. The Morgan fingerprint density at radius 3 is 2.55 bits per heavy atom. The number of cyclic esters (lactones) is 1. The van der Waals surface area contributed by atoms with E-state index in [4.69, 9.17) is 14.6 Å². The maximum absolute atomic E-state index is 13.3. The molecule has 0 aliphatic carbocycles.